The Labute approximate surface area is 298 Å². The first-order valence-electron chi connectivity index (χ1n) is 16.0. The van der Waals surface area contributed by atoms with Crippen molar-refractivity contribution in [2.75, 3.05) is 12.5 Å². The van der Waals surface area contributed by atoms with Crippen molar-refractivity contribution in [3.63, 3.8) is 0 Å². The number of hydrogen-bond donors (Lipinski definition) is 2. The SMILES string of the molecule is COc1ccc([C@@]23C(=O)N(Nc4ccc(Cl)cc4Cl)C(=O)[C@@H]2C[C@@H]2C(=CC[C@@H]4C(=O)N(C(C)(C)C)C(=O)[C@@H]42)[C@@H]3c2cc(Cl)ccc2O)cc1. The Kier molecular flexibility index (Phi) is 8.04. The third kappa shape index (κ3) is 4.95. The first-order valence-corrected chi connectivity index (χ1v) is 17.1. The summed E-state index contributed by atoms with van der Waals surface area (Å²) in [5, 5.41) is 13.4. The number of anilines is 1. The average molecular weight is 723 g/mol. The number of imide groups is 2. The highest BCUT2D eigenvalue weighted by atomic mass is 35.5. The molecule has 3 fully saturated rings. The fourth-order valence-electron chi connectivity index (χ4n) is 8.61. The van der Waals surface area contributed by atoms with Gasteiger partial charge in [0.25, 0.3) is 11.8 Å². The monoisotopic (exact) mass is 721 g/mol. The molecule has 0 unspecified atom stereocenters. The Morgan fingerprint density at radius 1 is 0.878 bits per heavy atom. The van der Waals surface area contributed by atoms with E-state index in [0.29, 0.717) is 32.5 Å². The number of amides is 4. The lowest BCUT2D eigenvalue weighted by Gasteiger charge is -2.50. The van der Waals surface area contributed by atoms with Crippen molar-refractivity contribution in [3.05, 3.63) is 98.5 Å². The van der Waals surface area contributed by atoms with E-state index < -0.39 is 52.4 Å². The van der Waals surface area contributed by atoms with E-state index in [1.54, 1.807) is 48.5 Å². The highest BCUT2D eigenvalue weighted by molar-refractivity contribution is 6.36. The second-order valence-electron chi connectivity index (χ2n) is 14.1. The van der Waals surface area contributed by atoms with Gasteiger partial charge in [-0.1, -0.05) is 58.6 Å². The zero-order valence-corrected chi connectivity index (χ0v) is 29.4. The van der Waals surface area contributed by atoms with Gasteiger partial charge >= 0.3 is 0 Å². The van der Waals surface area contributed by atoms with Crippen LogP contribution in [0.2, 0.25) is 15.1 Å². The molecule has 0 radical (unpaired) electrons. The topological polar surface area (TPSA) is 116 Å². The van der Waals surface area contributed by atoms with E-state index in [-0.39, 0.29) is 41.1 Å². The number of nitrogens with zero attached hydrogens (tertiary/aromatic N) is 2. The lowest BCUT2D eigenvalue weighted by Crippen LogP contribution is -2.53. The van der Waals surface area contributed by atoms with E-state index in [0.717, 1.165) is 5.01 Å². The molecule has 7 rings (SSSR count). The van der Waals surface area contributed by atoms with Crippen LogP contribution in [0.5, 0.6) is 11.5 Å². The number of likely N-dealkylation sites (tertiary alicyclic amines) is 1. The molecule has 2 saturated heterocycles. The number of hydrazine groups is 1. The second-order valence-corrected chi connectivity index (χ2v) is 15.4. The predicted octanol–water partition coefficient (Wildman–Crippen LogP) is 7.14. The Bertz CT molecular complexity index is 1960. The molecule has 12 heteroatoms. The Morgan fingerprint density at radius 3 is 2.20 bits per heavy atom. The van der Waals surface area contributed by atoms with E-state index in [9.17, 15) is 19.5 Å². The maximum atomic E-state index is 15.3. The van der Waals surface area contributed by atoms with Crippen LogP contribution in [-0.4, -0.2) is 51.3 Å². The number of carbonyl (C=O) groups is 4. The zero-order chi connectivity index (χ0) is 35.2. The van der Waals surface area contributed by atoms with Crippen molar-refractivity contribution in [2.45, 2.75) is 50.5 Å². The molecule has 3 aromatic rings. The van der Waals surface area contributed by atoms with Crippen LogP contribution < -0.4 is 10.2 Å². The van der Waals surface area contributed by atoms with Gasteiger partial charge in [-0.3, -0.25) is 29.5 Å². The smallest absolute Gasteiger partial charge is 0.260 e. The fraction of sp³-hybridized carbons (Fsp3) is 0.351. The Hall–Kier alpha value is -4.05. The van der Waals surface area contributed by atoms with E-state index in [1.807, 2.05) is 26.8 Å². The molecule has 254 valence electrons. The van der Waals surface area contributed by atoms with Gasteiger partial charge in [0.1, 0.15) is 11.5 Å². The standard InChI is InChI=1S/C37H34Cl3N3O6/c1-36(2,3)42-32(45)23-12-11-22-24(30(23)34(42)47)17-26-33(46)43(41-28-13-7-20(39)16-27(28)40)35(48)37(26,18-5-9-21(49-4)10-6-18)31(22)25-15-19(38)8-14-29(25)44/h5-11,13-16,23-24,26,30-31,41,44H,12,17H2,1-4H3/t23-,24+,26-,30-,31+,37+/m0/s1. The summed E-state index contributed by atoms with van der Waals surface area (Å²) in [6.45, 7) is 5.46. The van der Waals surface area contributed by atoms with E-state index >= 15 is 4.79 Å². The van der Waals surface area contributed by atoms with Gasteiger partial charge in [0.2, 0.25) is 11.8 Å². The zero-order valence-electron chi connectivity index (χ0n) is 27.2. The number of nitrogens with one attached hydrogen (secondary N) is 1. The highest BCUT2D eigenvalue weighted by Gasteiger charge is 2.71. The Balaban J connectivity index is 1.48. The third-order valence-corrected chi connectivity index (χ3v) is 11.3. The number of ether oxygens (including phenoxy) is 1. The number of hydrogen-bond acceptors (Lipinski definition) is 7. The number of carbonyl (C=O) groups excluding carboxylic acids is 4. The molecule has 0 aromatic heterocycles. The molecule has 6 atom stereocenters. The van der Waals surface area contributed by atoms with Crippen LogP contribution in [0.15, 0.2) is 72.3 Å². The number of phenols is 1. The molecule has 4 aliphatic rings. The van der Waals surface area contributed by atoms with Crippen LogP contribution in [0.1, 0.15) is 50.7 Å². The van der Waals surface area contributed by atoms with Crippen LogP contribution in [0.3, 0.4) is 0 Å². The third-order valence-electron chi connectivity index (χ3n) is 10.6. The fourth-order valence-corrected chi connectivity index (χ4v) is 9.24. The molecule has 0 spiro atoms. The van der Waals surface area contributed by atoms with Crippen molar-refractivity contribution in [1.29, 1.82) is 0 Å². The van der Waals surface area contributed by atoms with Crippen molar-refractivity contribution in [2.24, 2.45) is 23.7 Å². The summed E-state index contributed by atoms with van der Waals surface area (Å²) in [7, 11) is 1.53. The van der Waals surface area contributed by atoms with Crippen molar-refractivity contribution in [3.8, 4) is 11.5 Å². The van der Waals surface area contributed by atoms with Gasteiger partial charge < -0.3 is 9.84 Å². The van der Waals surface area contributed by atoms with Crippen LogP contribution in [-0.2, 0) is 24.6 Å². The van der Waals surface area contributed by atoms with Crippen molar-refractivity contribution < 1.29 is 29.0 Å². The van der Waals surface area contributed by atoms with Gasteiger partial charge in [0.05, 0.1) is 41.0 Å². The quantitative estimate of drug-likeness (QED) is 0.212. The van der Waals surface area contributed by atoms with Crippen LogP contribution in [0.4, 0.5) is 5.69 Å². The first kappa shape index (κ1) is 33.4. The van der Waals surface area contributed by atoms with Gasteiger partial charge in [-0.25, -0.2) is 0 Å². The van der Waals surface area contributed by atoms with Gasteiger partial charge in [-0.05, 0) is 93.6 Å². The van der Waals surface area contributed by atoms with Gasteiger partial charge in [0.15, 0.2) is 0 Å². The van der Waals surface area contributed by atoms with E-state index in [2.05, 4.69) is 5.43 Å². The largest absolute Gasteiger partial charge is 0.508 e. The normalized spacial score (nSPS) is 27.9. The highest BCUT2D eigenvalue weighted by Crippen LogP contribution is 2.65. The van der Waals surface area contributed by atoms with Crippen LogP contribution >= 0.6 is 34.8 Å². The summed E-state index contributed by atoms with van der Waals surface area (Å²) in [5.74, 6) is -5.16. The molecule has 1 saturated carbocycles. The summed E-state index contributed by atoms with van der Waals surface area (Å²) in [6, 6.07) is 16.2. The minimum atomic E-state index is -1.61. The number of methoxy groups -OCH3 is 1. The van der Waals surface area contributed by atoms with Crippen LogP contribution in [0.25, 0.3) is 0 Å². The number of aromatic hydroxyl groups is 1. The lowest BCUT2D eigenvalue weighted by molar-refractivity contribution is -0.146. The minimum Gasteiger partial charge on any atom is -0.508 e. The maximum Gasteiger partial charge on any atom is 0.260 e. The molecule has 9 nitrogen and oxygen atoms in total. The van der Waals surface area contributed by atoms with E-state index in [1.165, 1.54) is 24.1 Å². The van der Waals surface area contributed by atoms with Crippen LogP contribution in [0, 0.1) is 23.7 Å². The van der Waals surface area contributed by atoms with Gasteiger partial charge in [-0.15, -0.1) is 0 Å². The molecule has 3 aromatic carbocycles. The van der Waals surface area contributed by atoms with Crippen molar-refractivity contribution >= 4 is 64.1 Å². The number of benzene rings is 3. The van der Waals surface area contributed by atoms with Gasteiger partial charge in [-0.2, -0.15) is 5.01 Å². The van der Waals surface area contributed by atoms with E-state index in [4.69, 9.17) is 39.5 Å². The molecule has 4 amide bonds. The molecule has 2 aliphatic heterocycles. The number of allylic oxidation sites excluding steroid dienone is 2. The molecule has 2 N–H and O–H groups in total. The molecule has 2 heterocycles. The summed E-state index contributed by atoms with van der Waals surface area (Å²) < 4.78 is 5.43. The predicted molar refractivity (Wildman–Crippen MR) is 185 cm³/mol. The molecular weight excluding hydrogens is 689 g/mol. The number of halogens is 3. The molecule has 0 bridgehead atoms. The lowest BCUT2D eigenvalue weighted by atomic mass is 9.49. The summed E-state index contributed by atoms with van der Waals surface area (Å²) in [6.07, 6.45) is 2.30. The number of rotatable bonds is 5. The second kappa shape index (κ2) is 11.8. The summed E-state index contributed by atoms with van der Waals surface area (Å²) in [4.78, 5) is 59.4. The van der Waals surface area contributed by atoms with Gasteiger partial charge in [0, 0.05) is 27.1 Å². The Morgan fingerprint density at radius 2 is 1.55 bits per heavy atom. The van der Waals surface area contributed by atoms with Crippen molar-refractivity contribution in [1.82, 2.24) is 9.91 Å². The summed E-state index contributed by atoms with van der Waals surface area (Å²) in [5.41, 5.74) is 2.43. The minimum absolute atomic E-state index is 0.102. The maximum absolute atomic E-state index is 15.3. The first-order chi connectivity index (χ1) is 23.2. The molecular formula is C37H34Cl3N3O6. The molecule has 2 aliphatic carbocycles. The number of phenolic OH excluding ortho intramolecular Hbond substituents is 1. The number of fused-ring (bicyclic) bond motifs is 4. The summed E-state index contributed by atoms with van der Waals surface area (Å²) >= 11 is 19.2. The molecule has 49 heavy (non-hydrogen) atoms. The average Bonchev–Trinajstić information content (AvgIpc) is 3.44.